The molecule has 0 bridgehead atoms. The second kappa shape index (κ2) is 9.75. The van der Waals surface area contributed by atoms with Crippen LogP contribution in [0.15, 0.2) is 65.7 Å². The van der Waals surface area contributed by atoms with Crippen LogP contribution in [0.4, 0.5) is 10.5 Å². The van der Waals surface area contributed by atoms with Crippen LogP contribution in [0.3, 0.4) is 0 Å². The molecule has 3 aromatic rings. The molecule has 0 saturated carbocycles. The number of benzene rings is 2. The number of aryl methyl sites for hydroxylation is 1. The van der Waals surface area contributed by atoms with Gasteiger partial charge in [0.1, 0.15) is 6.20 Å². The summed E-state index contributed by atoms with van der Waals surface area (Å²) in [6.07, 6.45) is 2.72. The number of hydrogen-bond donors (Lipinski definition) is 0. The lowest BCUT2D eigenvalue weighted by Gasteiger charge is -2.13. The number of carbonyl (C=O) groups is 2. The van der Waals surface area contributed by atoms with Gasteiger partial charge in [-0.2, -0.15) is 0 Å². The minimum Gasteiger partial charge on any atom is -0.493 e. The van der Waals surface area contributed by atoms with Gasteiger partial charge >= 0.3 is 0 Å². The molecule has 2 aromatic carbocycles. The third-order valence-electron chi connectivity index (χ3n) is 4.93. The number of nitrogens with zero attached hydrogens (tertiary/aromatic N) is 3. The first-order valence-electron chi connectivity index (χ1n) is 10.1. The van der Waals surface area contributed by atoms with Gasteiger partial charge in [0.2, 0.25) is 5.88 Å². The smallest absolute Gasteiger partial charge is 0.293 e. The molecule has 10 heteroatoms. The summed E-state index contributed by atoms with van der Waals surface area (Å²) in [6, 6.07) is 15.3. The normalized spacial score (nSPS) is 14.5. The lowest BCUT2D eigenvalue weighted by atomic mass is 10.1. The van der Waals surface area contributed by atoms with Crippen LogP contribution >= 0.6 is 11.8 Å². The van der Waals surface area contributed by atoms with E-state index in [9.17, 15) is 19.7 Å². The molecule has 1 aromatic heterocycles. The minimum atomic E-state index is -0.547. The number of pyridine rings is 1. The van der Waals surface area contributed by atoms with Crippen LogP contribution in [0.5, 0.6) is 17.4 Å². The zero-order valence-electron chi connectivity index (χ0n) is 18.3. The van der Waals surface area contributed by atoms with Crippen molar-refractivity contribution in [2.24, 2.45) is 0 Å². The van der Waals surface area contributed by atoms with Crippen molar-refractivity contribution in [3.8, 4) is 17.4 Å². The second-order valence-electron chi connectivity index (χ2n) is 7.38. The summed E-state index contributed by atoms with van der Waals surface area (Å²) < 4.78 is 11.1. The highest BCUT2D eigenvalue weighted by Gasteiger charge is 2.35. The molecule has 0 atom stereocenters. The summed E-state index contributed by atoms with van der Waals surface area (Å²) in [7, 11) is 1.46. The maximum atomic E-state index is 12.9. The van der Waals surface area contributed by atoms with Gasteiger partial charge in [-0.05, 0) is 48.0 Å². The monoisotopic (exact) mass is 477 g/mol. The fraction of sp³-hybridized carbons (Fsp3) is 0.125. The Labute approximate surface area is 199 Å². The number of hydrogen-bond acceptors (Lipinski definition) is 8. The Hall–Kier alpha value is -4.18. The van der Waals surface area contributed by atoms with Gasteiger partial charge in [0.15, 0.2) is 11.5 Å². The largest absolute Gasteiger partial charge is 0.493 e. The number of thioether (sulfide) groups is 1. The highest BCUT2D eigenvalue weighted by Crippen LogP contribution is 2.36. The van der Waals surface area contributed by atoms with E-state index in [2.05, 4.69) is 4.98 Å². The number of nitro groups is 1. The van der Waals surface area contributed by atoms with E-state index in [1.807, 2.05) is 31.2 Å². The van der Waals surface area contributed by atoms with Gasteiger partial charge in [0, 0.05) is 12.1 Å². The molecule has 1 aliphatic heterocycles. The molecule has 1 saturated heterocycles. The van der Waals surface area contributed by atoms with Crippen LogP contribution in [-0.2, 0) is 11.3 Å². The summed E-state index contributed by atoms with van der Waals surface area (Å²) in [5.74, 6) is 0.515. The molecule has 172 valence electrons. The lowest BCUT2D eigenvalue weighted by Crippen LogP contribution is -2.27. The second-order valence-corrected chi connectivity index (χ2v) is 8.37. The first-order valence-corrected chi connectivity index (χ1v) is 10.9. The van der Waals surface area contributed by atoms with Crippen molar-refractivity contribution in [3.63, 3.8) is 0 Å². The Kier molecular flexibility index (Phi) is 6.60. The van der Waals surface area contributed by atoms with Crippen LogP contribution < -0.4 is 9.47 Å². The highest BCUT2D eigenvalue weighted by atomic mass is 32.2. The van der Waals surface area contributed by atoms with Crippen molar-refractivity contribution >= 4 is 34.7 Å². The summed E-state index contributed by atoms with van der Waals surface area (Å²) in [5, 5.41) is 10.4. The van der Waals surface area contributed by atoms with E-state index >= 15 is 0 Å². The van der Waals surface area contributed by atoms with E-state index in [1.54, 1.807) is 24.3 Å². The molecular formula is C24H19N3O6S. The van der Waals surface area contributed by atoms with Crippen molar-refractivity contribution in [2.45, 2.75) is 13.5 Å². The first-order chi connectivity index (χ1) is 16.3. The lowest BCUT2D eigenvalue weighted by molar-refractivity contribution is -0.385. The van der Waals surface area contributed by atoms with Crippen LogP contribution in [0.1, 0.15) is 16.7 Å². The van der Waals surface area contributed by atoms with E-state index in [1.165, 1.54) is 24.1 Å². The average molecular weight is 477 g/mol. The number of aromatic nitrogens is 1. The maximum Gasteiger partial charge on any atom is 0.293 e. The topological polar surface area (TPSA) is 112 Å². The fourth-order valence-corrected chi connectivity index (χ4v) is 4.13. The Bertz CT molecular complexity index is 1310. The van der Waals surface area contributed by atoms with E-state index in [4.69, 9.17) is 9.47 Å². The third-order valence-corrected chi connectivity index (χ3v) is 5.84. The number of ether oxygens (including phenoxy) is 2. The standard InChI is InChI=1S/C24H19N3O6S/c1-15-4-3-5-17(10-15)14-26-23(28)21(34-24(26)29)12-16-6-8-19(20(11-16)32-2)33-22-9-7-18(13-25-22)27(30)31/h3-13H,14H2,1-2H3/b21-12+. The van der Waals surface area contributed by atoms with Crippen LogP contribution in [-0.4, -0.2) is 33.1 Å². The Morgan fingerprint density at radius 3 is 2.62 bits per heavy atom. The average Bonchev–Trinajstić information content (AvgIpc) is 3.07. The Morgan fingerprint density at radius 2 is 1.94 bits per heavy atom. The summed E-state index contributed by atoms with van der Waals surface area (Å²) in [4.78, 5) is 41.0. The highest BCUT2D eigenvalue weighted by molar-refractivity contribution is 8.18. The minimum absolute atomic E-state index is 0.147. The third kappa shape index (κ3) is 5.07. The molecule has 9 nitrogen and oxygen atoms in total. The van der Waals surface area contributed by atoms with Crippen molar-refractivity contribution < 1.29 is 24.0 Å². The molecule has 2 amide bonds. The van der Waals surface area contributed by atoms with Gasteiger partial charge in [-0.1, -0.05) is 35.9 Å². The molecule has 1 aliphatic rings. The molecular weight excluding hydrogens is 458 g/mol. The number of methoxy groups -OCH3 is 1. The molecule has 0 radical (unpaired) electrons. The van der Waals surface area contributed by atoms with E-state index in [0.717, 1.165) is 29.1 Å². The number of imide groups is 1. The van der Waals surface area contributed by atoms with Gasteiger partial charge in [-0.15, -0.1) is 0 Å². The Morgan fingerprint density at radius 1 is 1.12 bits per heavy atom. The summed E-state index contributed by atoms with van der Waals surface area (Å²) in [5.41, 5.74) is 2.43. The van der Waals surface area contributed by atoms with Crippen molar-refractivity contribution in [3.05, 3.63) is 92.5 Å². The van der Waals surface area contributed by atoms with Gasteiger partial charge in [-0.3, -0.25) is 24.6 Å². The molecule has 0 unspecified atom stereocenters. The Balaban J connectivity index is 1.52. The van der Waals surface area contributed by atoms with Crippen LogP contribution in [0.2, 0.25) is 0 Å². The van der Waals surface area contributed by atoms with Crippen LogP contribution in [0, 0.1) is 17.0 Å². The van der Waals surface area contributed by atoms with E-state index in [-0.39, 0.29) is 29.3 Å². The van der Waals surface area contributed by atoms with Crippen molar-refractivity contribution in [1.29, 1.82) is 0 Å². The zero-order chi connectivity index (χ0) is 24.2. The predicted molar refractivity (Wildman–Crippen MR) is 127 cm³/mol. The van der Waals surface area contributed by atoms with E-state index in [0.29, 0.717) is 22.0 Å². The van der Waals surface area contributed by atoms with E-state index < -0.39 is 4.92 Å². The first kappa shape index (κ1) is 23.0. The molecule has 2 heterocycles. The molecule has 0 aliphatic carbocycles. The van der Waals surface area contributed by atoms with Gasteiger partial charge < -0.3 is 9.47 Å². The van der Waals surface area contributed by atoms with Crippen LogP contribution in [0.25, 0.3) is 6.08 Å². The molecule has 0 spiro atoms. The predicted octanol–water partition coefficient (Wildman–Crippen LogP) is 5.34. The summed E-state index contributed by atoms with van der Waals surface area (Å²) in [6.45, 7) is 2.16. The molecule has 1 fully saturated rings. The quantitative estimate of drug-likeness (QED) is 0.255. The SMILES string of the molecule is COc1cc(/C=C2/SC(=O)N(Cc3cccc(C)c3)C2=O)ccc1Oc1ccc([N+](=O)[O-])cn1. The van der Waals surface area contributed by atoms with Crippen molar-refractivity contribution in [2.75, 3.05) is 7.11 Å². The summed E-state index contributed by atoms with van der Waals surface area (Å²) >= 11 is 0.885. The van der Waals surface area contributed by atoms with Gasteiger partial charge in [0.25, 0.3) is 16.8 Å². The van der Waals surface area contributed by atoms with Crippen molar-refractivity contribution in [1.82, 2.24) is 9.88 Å². The maximum absolute atomic E-state index is 12.9. The number of carbonyl (C=O) groups excluding carboxylic acids is 2. The molecule has 4 rings (SSSR count). The van der Waals surface area contributed by atoms with Gasteiger partial charge in [0.05, 0.1) is 23.5 Å². The molecule has 0 N–H and O–H groups in total. The fourth-order valence-electron chi connectivity index (χ4n) is 3.29. The number of rotatable bonds is 7. The van der Waals surface area contributed by atoms with Gasteiger partial charge in [-0.25, -0.2) is 4.98 Å². The number of amides is 2. The zero-order valence-corrected chi connectivity index (χ0v) is 19.1. The molecule has 34 heavy (non-hydrogen) atoms.